The second-order valence-corrected chi connectivity index (χ2v) is 5.08. The predicted octanol–water partition coefficient (Wildman–Crippen LogP) is 4.10. The molecule has 3 rings (SSSR count). The molecule has 0 fully saturated rings. The number of hydrogen-bond donors (Lipinski definition) is 1. The van der Waals surface area contributed by atoms with Gasteiger partial charge in [0.15, 0.2) is 0 Å². The fraction of sp³-hybridized carbons (Fsp3) is 0.105. The quantitative estimate of drug-likeness (QED) is 0.718. The van der Waals surface area contributed by atoms with Crippen molar-refractivity contribution in [2.45, 2.75) is 0 Å². The van der Waals surface area contributed by atoms with Crippen molar-refractivity contribution in [3.05, 3.63) is 60.4 Å². The maximum atomic E-state index is 12.1. The van der Waals surface area contributed by atoms with Crippen LogP contribution in [0.25, 0.3) is 17.0 Å². The van der Waals surface area contributed by atoms with E-state index in [0.29, 0.717) is 22.9 Å². The molecular weight excluding hydrogens is 306 g/mol. The van der Waals surface area contributed by atoms with Crippen LogP contribution in [0, 0.1) is 0 Å². The van der Waals surface area contributed by atoms with Gasteiger partial charge < -0.3 is 19.2 Å². The van der Waals surface area contributed by atoms with Gasteiger partial charge in [0.1, 0.15) is 22.8 Å². The van der Waals surface area contributed by atoms with Crippen LogP contribution in [0.2, 0.25) is 0 Å². The van der Waals surface area contributed by atoms with E-state index in [-0.39, 0.29) is 5.91 Å². The summed E-state index contributed by atoms with van der Waals surface area (Å²) in [6, 6.07) is 14.8. The lowest BCUT2D eigenvalue weighted by molar-refractivity contribution is -0.111. The average molecular weight is 323 g/mol. The van der Waals surface area contributed by atoms with Crippen molar-refractivity contribution in [1.82, 2.24) is 0 Å². The summed E-state index contributed by atoms with van der Waals surface area (Å²) in [6.07, 6.45) is 3.04. The molecule has 122 valence electrons. The molecule has 2 aromatic carbocycles. The molecule has 3 aromatic rings. The number of ether oxygens (including phenoxy) is 2. The van der Waals surface area contributed by atoms with E-state index in [0.717, 1.165) is 11.0 Å². The van der Waals surface area contributed by atoms with E-state index in [9.17, 15) is 4.79 Å². The number of fused-ring (bicyclic) bond motifs is 1. The summed E-state index contributed by atoms with van der Waals surface area (Å²) in [5, 5.41) is 3.76. The van der Waals surface area contributed by atoms with Gasteiger partial charge in [-0.25, -0.2) is 0 Å². The van der Waals surface area contributed by atoms with E-state index in [1.165, 1.54) is 6.08 Å². The van der Waals surface area contributed by atoms with Crippen molar-refractivity contribution in [2.75, 3.05) is 19.5 Å². The smallest absolute Gasteiger partial charge is 0.248 e. The number of methoxy groups -OCH3 is 2. The van der Waals surface area contributed by atoms with Gasteiger partial charge in [0, 0.05) is 17.5 Å². The van der Waals surface area contributed by atoms with E-state index in [1.807, 2.05) is 30.3 Å². The molecule has 24 heavy (non-hydrogen) atoms. The average Bonchev–Trinajstić information content (AvgIpc) is 3.03. The van der Waals surface area contributed by atoms with Crippen molar-refractivity contribution in [3.8, 4) is 11.5 Å². The summed E-state index contributed by atoms with van der Waals surface area (Å²) in [4.78, 5) is 12.1. The standard InChI is InChI=1S/C19H17NO4/c1-22-14-7-9-18(23-2)16(12-14)20-19(21)10-8-15-11-13-5-3-4-6-17(13)24-15/h3-12H,1-2H3,(H,20,21)/b10-8+. The molecule has 1 amide bonds. The third-order valence-corrected chi connectivity index (χ3v) is 3.51. The summed E-state index contributed by atoms with van der Waals surface area (Å²) >= 11 is 0. The molecule has 0 saturated carbocycles. The lowest BCUT2D eigenvalue weighted by Gasteiger charge is -2.10. The maximum absolute atomic E-state index is 12.1. The Kier molecular flexibility index (Phi) is 4.52. The molecule has 0 radical (unpaired) electrons. The van der Waals surface area contributed by atoms with Gasteiger partial charge >= 0.3 is 0 Å². The Hall–Kier alpha value is -3.21. The fourth-order valence-corrected chi connectivity index (χ4v) is 2.33. The molecular formula is C19H17NO4. The number of furan rings is 1. The Morgan fingerprint density at radius 2 is 1.92 bits per heavy atom. The molecule has 0 unspecified atom stereocenters. The zero-order valence-corrected chi connectivity index (χ0v) is 13.4. The van der Waals surface area contributed by atoms with Crippen molar-refractivity contribution in [3.63, 3.8) is 0 Å². The van der Waals surface area contributed by atoms with Crippen molar-refractivity contribution >= 4 is 28.6 Å². The molecule has 0 aliphatic rings. The largest absolute Gasteiger partial charge is 0.497 e. The first-order valence-electron chi connectivity index (χ1n) is 7.39. The summed E-state index contributed by atoms with van der Waals surface area (Å²) < 4.78 is 16.0. The zero-order chi connectivity index (χ0) is 16.9. The molecule has 0 saturated heterocycles. The van der Waals surface area contributed by atoms with Gasteiger partial charge in [-0.2, -0.15) is 0 Å². The van der Waals surface area contributed by atoms with E-state index in [1.54, 1.807) is 38.5 Å². The Labute approximate surface area is 139 Å². The second kappa shape index (κ2) is 6.91. The van der Waals surface area contributed by atoms with Gasteiger partial charge in [-0.1, -0.05) is 18.2 Å². The van der Waals surface area contributed by atoms with E-state index < -0.39 is 0 Å². The minimum Gasteiger partial charge on any atom is -0.497 e. The third kappa shape index (κ3) is 3.41. The number of carbonyl (C=O) groups is 1. The van der Waals surface area contributed by atoms with Crippen LogP contribution in [0.4, 0.5) is 5.69 Å². The highest BCUT2D eigenvalue weighted by Gasteiger charge is 2.07. The number of benzene rings is 2. The molecule has 1 aromatic heterocycles. The third-order valence-electron chi connectivity index (χ3n) is 3.51. The van der Waals surface area contributed by atoms with Crippen LogP contribution in [0.5, 0.6) is 11.5 Å². The topological polar surface area (TPSA) is 60.7 Å². The Balaban J connectivity index is 1.75. The van der Waals surface area contributed by atoms with Crippen molar-refractivity contribution < 1.29 is 18.7 Å². The normalized spacial score (nSPS) is 10.9. The van der Waals surface area contributed by atoms with Crippen LogP contribution in [-0.4, -0.2) is 20.1 Å². The Morgan fingerprint density at radius 1 is 1.08 bits per heavy atom. The van der Waals surface area contributed by atoms with Crippen LogP contribution >= 0.6 is 0 Å². The number of amides is 1. The SMILES string of the molecule is COc1ccc(OC)c(NC(=O)/C=C/c2cc3ccccc3o2)c1. The summed E-state index contributed by atoms with van der Waals surface area (Å²) in [5.74, 6) is 1.51. The van der Waals surface area contributed by atoms with Crippen molar-refractivity contribution in [2.24, 2.45) is 0 Å². The fourth-order valence-electron chi connectivity index (χ4n) is 2.33. The van der Waals surface area contributed by atoms with E-state index in [2.05, 4.69) is 5.32 Å². The maximum Gasteiger partial charge on any atom is 0.248 e. The molecule has 0 atom stereocenters. The van der Waals surface area contributed by atoms with E-state index in [4.69, 9.17) is 13.9 Å². The molecule has 0 bridgehead atoms. The van der Waals surface area contributed by atoms with Gasteiger partial charge in [-0.15, -0.1) is 0 Å². The minimum atomic E-state index is -0.290. The second-order valence-electron chi connectivity index (χ2n) is 5.08. The predicted molar refractivity (Wildman–Crippen MR) is 93.4 cm³/mol. The number of para-hydroxylation sites is 1. The Morgan fingerprint density at radius 3 is 2.67 bits per heavy atom. The highest BCUT2D eigenvalue weighted by atomic mass is 16.5. The van der Waals surface area contributed by atoms with Crippen molar-refractivity contribution in [1.29, 1.82) is 0 Å². The summed E-state index contributed by atoms with van der Waals surface area (Å²) in [6.45, 7) is 0. The lowest BCUT2D eigenvalue weighted by Crippen LogP contribution is -2.09. The zero-order valence-electron chi connectivity index (χ0n) is 13.4. The number of rotatable bonds is 5. The first kappa shape index (κ1) is 15.7. The van der Waals surface area contributed by atoms with Crippen LogP contribution in [0.15, 0.2) is 59.0 Å². The van der Waals surface area contributed by atoms with Crippen LogP contribution in [0.3, 0.4) is 0 Å². The minimum absolute atomic E-state index is 0.290. The van der Waals surface area contributed by atoms with Gasteiger partial charge in [0.05, 0.1) is 19.9 Å². The molecule has 5 nitrogen and oxygen atoms in total. The molecule has 5 heteroatoms. The Bertz CT molecular complexity index is 862. The number of hydrogen-bond acceptors (Lipinski definition) is 4. The number of anilines is 1. The van der Waals surface area contributed by atoms with Crippen LogP contribution in [0.1, 0.15) is 5.76 Å². The molecule has 1 N–H and O–H groups in total. The number of nitrogens with one attached hydrogen (secondary N) is 1. The lowest BCUT2D eigenvalue weighted by atomic mass is 10.2. The summed E-state index contributed by atoms with van der Waals surface area (Å²) in [7, 11) is 3.11. The highest BCUT2D eigenvalue weighted by molar-refractivity contribution is 6.03. The summed E-state index contributed by atoms with van der Waals surface area (Å²) in [5.41, 5.74) is 1.32. The van der Waals surface area contributed by atoms with Gasteiger partial charge in [-0.3, -0.25) is 4.79 Å². The first-order chi connectivity index (χ1) is 11.7. The van der Waals surface area contributed by atoms with Gasteiger partial charge in [-0.05, 0) is 30.3 Å². The molecule has 0 aliphatic heterocycles. The molecule has 1 heterocycles. The molecule has 0 aliphatic carbocycles. The first-order valence-corrected chi connectivity index (χ1v) is 7.39. The highest BCUT2D eigenvalue weighted by Crippen LogP contribution is 2.29. The number of carbonyl (C=O) groups excluding carboxylic acids is 1. The van der Waals surface area contributed by atoms with E-state index >= 15 is 0 Å². The van der Waals surface area contributed by atoms with Crippen LogP contribution < -0.4 is 14.8 Å². The van der Waals surface area contributed by atoms with Gasteiger partial charge in [0.25, 0.3) is 0 Å². The van der Waals surface area contributed by atoms with Crippen LogP contribution in [-0.2, 0) is 4.79 Å². The van der Waals surface area contributed by atoms with Gasteiger partial charge in [0.2, 0.25) is 5.91 Å². The monoisotopic (exact) mass is 323 g/mol. The molecule has 0 spiro atoms.